The molecule has 27 heavy (non-hydrogen) atoms. The first kappa shape index (κ1) is 18.5. The largest absolute Gasteiger partial charge is 0.432 e. The monoisotopic (exact) mass is 391 g/mol. The lowest BCUT2D eigenvalue weighted by Gasteiger charge is -2.07. The van der Waals surface area contributed by atoms with Gasteiger partial charge in [0, 0.05) is 10.6 Å². The smallest absolute Gasteiger partial charge is 0.345 e. The van der Waals surface area contributed by atoms with Crippen LogP contribution in [-0.2, 0) is 6.18 Å². The highest BCUT2D eigenvalue weighted by Gasteiger charge is 2.42. The van der Waals surface area contributed by atoms with Crippen molar-refractivity contribution in [2.45, 2.75) is 6.18 Å². The first-order chi connectivity index (χ1) is 12.7. The van der Waals surface area contributed by atoms with Crippen molar-refractivity contribution in [1.82, 2.24) is 4.98 Å². The summed E-state index contributed by atoms with van der Waals surface area (Å²) in [6.07, 6.45) is -4.87. The van der Waals surface area contributed by atoms with Crippen LogP contribution < -0.4 is 0 Å². The summed E-state index contributed by atoms with van der Waals surface area (Å²) in [7, 11) is 0. The number of alkyl halides is 3. The molecule has 9 heteroatoms. The second-order valence-electron chi connectivity index (χ2n) is 5.55. The maximum absolute atomic E-state index is 13.6. The molecule has 0 bridgehead atoms. The number of nitriles is 1. The summed E-state index contributed by atoms with van der Waals surface area (Å²) < 4.78 is 40.8. The highest BCUT2D eigenvalue weighted by molar-refractivity contribution is 6.30. The average molecular weight is 392 g/mol. The minimum absolute atomic E-state index is 0.0791. The van der Waals surface area contributed by atoms with Crippen molar-refractivity contribution >= 4 is 17.3 Å². The molecule has 2 aromatic carbocycles. The number of halogens is 4. The predicted molar refractivity (Wildman–Crippen MR) is 93.0 cm³/mol. The van der Waals surface area contributed by atoms with E-state index in [1.165, 1.54) is 48.5 Å². The number of aromatic nitrogens is 1. The standard InChI is InChI=1S/C18H9ClF3N3O2/c19-13-6-4-11(5-7-13)15-16(25(26)27)14(17(24-15)18(20,21)22)12-3-1-2-10(8-12)9-23/h1-8,24H. The van der Waals surface area contributed by atoms with Gasteiger partial charge in [0.2, 0.25) is 0 Å². The van der Waals surface area contributed by atoms with E-state index in [1.807, 2.05) is 6.07 Å². The molecule has 1 heterocycles. The third kappa shape index (κ3) is 3.50. The zero-order valence-electron chi connectivity index (χ0n) is 13.3. The van der Waals surface area contributed by atoms with Crippen LogP contribution in [-0.4, -0.2) is 9.91 Å². The van der Waals surface area contributed by atoms with E-state index in [-0.39, 0.29) is 22.4 Å². The molecule has 0 aliphatic heterocycles. The summed E-state index contributed by atoms with van der Waals surface area (Å²) >= 11 is 5.79. The van der Waals surface area contributed by atoms with Gasteiger partial charge in [-0.25, -0.2) is 0 Å². The molecule has 3 aromatic rings. The number of nitrogens with zero attached hydrogens (tertiary/aromatic N) is 2. The number of benzene rings is 2. The molecule has 0 aliphatic rings. The van der Waals surface area contributed by atoms with Gasteiger partial charge in [0.25, 0.3) is 0 Å². The van der Waals surface area contributed by atoms with E-state index >= 15 is 0 Å². The van der Waals surface area contributed by atoms with Crippen molar-refractivity contribution in [1.29, 1.82) is 5.26 Å². The molecule has 0 unspecified atom stereocenters. The van der Waals surface area contributed by atoms with Gasteiger partial charge in [-0.3, -0.25) is 10.1 Å². The van der Waals surface area contributed by atoms with Crippen molar-refractivity contribution in [3.05, 3.63) is 74.9 Å². The number of hydrogen-bond donors (Lipinski definition) is 1. The third-order valence-electron chi connectivity index (χ3n) is 3.85. The Labute approximate surface area is 155 Å². The van der Waals surface area contributed by atoms with Gasteiger partial charge in [0.05, 0.1) is 22.1 Å². The van der Waals surface area contributed by atoms with Gasteiger partial charge in [-0.2, -0.15) is 18.4 Å². The van der Waals surface area contributed by atoms with Gasteiger partial charge < -0.3 is 4.98 Å². The number of nitro groups is 1. The van der Waals surface area contributed by atoms with E-state index < -0.39 is 28.0 Å². The topological polar surface area (TPSA) is 82.7 Å². The normalized spacial score (nSPS) is 11.2. The molecule has 3 rings (SSSR count). The lowest BCUT2D eigenvalue weighted by molar-refractivity contribution is -0.383. The molecule has 0 spiro atoms. The Morgan fingerprint density at radius 1 is 1.11 bits per heavy atom. The second-order valence-corrected chi connectivity index (χ2v) is 5.99. The quantitative estimate of drug-likeness (QED) is 0.452. The first-order valence-corrected chi connectivity index (χ1v) is 7.84. The summed E-state index contributed by atoms with van der Waals surface area (Å²) in [4.78, 5) is 13.0. The Morgan fingerprint density at radius 2 is 1.78 bits per heavy atom. The van der Waals surface area contributed by atoms with Crippen LogP contribution in [0.4, 0.5) is 18.9 Å². The summed E-state index contributed by atoms with van der Waals surface area (Å²) in [5.74, 6) is 0. The van der Waals surface area contributed by atoms with Crippen molar-refractivity contribution in [3.8, 4) is 28.5 Å². The highest BCUT2D eigenvalue weighted by atomic mass is 35.5. The van der Waals surface area contributed by atoms with Crippen molar-refractivity contribution in [3.63, 3.8) is 0 Å². The lowest BCUT2D eigenvalue weighted by atomic mass is 10.0. The Bertz CT molecular complexity index is 1070. The number of aromatic amines is 1. The zero-order chi connectivity index (χ0) is 19.8. The SMILES string of the molecule is N#Cc1cccc(-c2c(C(F)(F)F)[nH]c(-c3ccc(Cl)cc3)c2[N+](=O)[O-])c1. The first-order valence-electron chi connectivity index (χ1n) is 7.46. The molecule has 1 aromatic heterocycles. The molecule has 0 atom stereocenters. The van der Waals surface area contributed by atoms with Crippen molar-refractivity contribution in [2.75, 3.05) is 0 Å². The van der Waals surface area contributed by atoms with Crippen LogP contribution in [0.1, 0.15) is 11.3 Å². The average Bonchev–Trinajstić information content (AvgIpc) is 3.03. The molecule has 0 saturated heterocycles. The van der Waals surface area contributed by atoms with Crippen LogP contribution in [0.15, 0.2) is 48.5 Å². The van der Waals surface area contributed by atoms with E-state index in [9.17, 15) is 23.3 Å². The van der Waals surface area contributed by atoms with Gasteiger partial charge in [-0.05, 0) is 29.8 Å². The predicted octanol–water partition coefficient (Wildman–Crippen LogP) is 5.80. The summed E-state index contributed by atoms with van der Waals surface area (Å²) in [6.45, 7) is 0. The van der Waals surface area contributed by atoms with E-state index in [4.69, 9.17) is 16.9 Å². The number of H-pyrrole nitrogens is 1. The Morgan fingerprint density at radius 3 is 2.33 bits per heavy atom. The molecular formula is C18H9ClF3N3O2. The fourth-order valence-electron chi connectivity index (χ4n) is 2.74. The molecular weight excluding hydrogens is 383 g/mol. The Hall–Kier alpha value is -3.31. The molecule has 5 nitrogen and oxygen atoms in total. The fourth-order valence-corrected chi connectivity index (χ4v) is 2.86. The minimum Gasteiger partial charge on any atom is -0.345 e. The molecule has 136 valence electrons. The van der Waals surface area contributed by atoms with Gasteiger partial charge in [0.1, 0.15) is 11.4 Å². The summed E-state index contributed by atoms with van der Waals surface area (Å²) in [5.41, 5.74) is -2.70. The van der Waals surface area contributed by atoms with Crippen LogP contribution in [0.5, 0.6) is 0 Å². The van der Waals surface area contributed by atoms with Crippen LogP contribution in [0.3, 0.4) is 0 Å². The fraction of sp³-hybridized carbons (Fsp3) is 0.0556. The van der Waals surface area contributed by atoms with Crippen LogP contribution >= 0.6 is 11.6 Å². The maximum atomic E-state index is 13.6. The lowest BCUT2D eigenvalue weighted by Crippen LogP contribution is -2.07. The number of nitrogens with one attached hydrogen (secondary N) is 1. The van der Waals surface area contributed by atoms with Gasteiger partial charge >= 0.3 is 11.9 Å². The van der Waals surface area contributed by atoms with Gasteiger partial charge in [0.15, 0.2) is 0 Å². The Balaban J connectivity index is 2.38. The van der Waals surface area contributed by atoms with Crippen molar-refractivity contribution in [2.24, 2.45) is 0 Å². The molecule has 0 saturated carbocycles. The molecule has 0 radical (unpaired) electrons. The van der Waals surface area contributed by atoms with Crippen LogP contribution in [0.2, 0.25) is 5.02 Å². The molecule has 0 aliphatic carbocycles. The zero-order valence-corrected chi connectivity index (χ0v) is 14.1. The summed E-state index contributed by atoms with van der Waals surface area (Å²) in [6, 6.07) is 12.7. The minimum atomic E-state index is -4.87. The third-order valence-corrected chi connectivity index (χ3v) is 4.10. The van der Waals surface area contributed by atoms with E-state index in [1.54, 1.807) is 0 Å². The molecule has 0 amide bonds. The van der Waals surface area contributed by atoms with Gasteiger partial charge in [-0.15, -0.1) is 0 Å². The Kier molecular flexibility index (Phi) is 4.64. The van der Waals surface area contributed by atoms with E-state index in [0.717, 1.165) is 0 Å². The number of hydrogen-bond acceptors (Lipinski definition) is 3. The molecule has 1 N–H and O–H groups in total. The van der Waals surface area contributed by atoms with Crippen LogP contribution in [0.25, 0.3) is 22.4 Å². The van der Waals surface area contributed by atoms with Gasteiger partial charge in [-0.1, -0.05) is 35.9 Å². The van der Waals surface area contributed by atoms with Crippen molar-refractivity contribution < 1.29 is 18.1 Å². The summed E-state index contributed by atoms with van der Waals surface area (Å²) in [5, 5.41) is 21.0. The highest BCUT2D eigenvalue weighted by Crippen LogP contribution is 2.47. The van der Waals surface area contributed by atoms with Crippen LogP contribution in [0, 0.1) is 21.4 Å². The van der Waals surface area contributed by atoms with E-state index in [0.29, 0.717) is 5.02 Å². The number of rotatable bonds is 3. The second kappa shape index (κ2) is 6.78. The molecule has 0 fully saturated rings. The maximum Gasteiger partial charge on any atom is 0.432 e. The van der Waals surface area contributed by atoms with E-state index in [2.05, 4.69) is 4.98 Å².